The Bertz CT molecular complexity index is 1370. The minimum Gasteiger partial charge on any atom is -0.493 e. The van der Waals surface area contributed by atoms with Crippen molar-refractivity contribution in [3.63, 3.8) is 0 Å². The molecule has 10 heteroatoms. The van der Waals surface area contributed by atoms with Gasteiger partial charge in [-0.2, -0.15) is 13.2 Å². The number of carbonyl (C=O) groups excluding carboxylic acids is 1. The fourth-order valence-corrected chi connectivity index (χ4v) is 4.09. The number of hydrogen-bond acceptors (Lipinski definition) is 6. The molecular formula is C25H20F3N3O3S. The quantitative estimate of drug-likeness (QED) is 0.246. The Morgan fingerprint density at radius 1 is 0.943 bits per heavy atom. The molecule has 35 heavy (non-hydrogen) atoms. The van der Waals surface area contributed by atoms with E-state index < -0.39 is 11.9 Å². The van der Waals surface area contributed by atoms with Crippen molar-refractivity contribution in [2.45, 2.75) is 11.3 Å². The van der Waals surface area contributed by atoms with E-state index in [2.05, 4.69) is 15.3 Å². The molecule has 0 saturated carbocycles. The largest absolute Gasteiger partial charge is 0.493 e. The maximum atomic E-state index is 13.5. The Balaban J connectivity index is 1.58. The molecule has 1 aromatic heterocycles. The van der Waals surface area contributed by atoms with E-state index in [1.807, 2.05) is 36.4 Å². The number of ether oxygens (including phenoxy) is 2. The topological polar surface area (TPSA) is 73.3 Å². The van der Waals surface area contributed by atoms with Crippen molar-refractivity contribution in [3.05, 3.63) is 72.4 Å². The SMILES string of the molecule is COc1ccc(-c2cc(C(F)(F)F)nc(SCC(=O)Nc3cccc4ccccc34)n2)cc1OC. The summed E-state index contributed by atoms with van der Waals surface area (Å²) in [6.07, 6.45) is -4.69. The molecule has 0 fully saturated rings. The number of carbonyl (C=O) groups is 1. The number of methoxy groups -OCH3 is 2. The monoisotopic (exact) mass is 499 g/mol. The molecule has 3 aromatic carbocycles. The van der Waals surface area contributed by atoms with Gasteiger partial charge in [0, 0.05) is 16.6 Å². The molecule has 0 aliphatic rings. The van der Waals surface area contributed by atoms with Crippen LogP contribution in [0.5, 0.6) is 11.5 Å². The number of halogens is 3. The maximum Gasteiger partial charge on any atom is 0.433 e. The number of hydrogen-bond donors (Lipinski definition) is 1. The molecule has 6 nitrogen and oxygen atoms in total. The van der Waals surface area contributed by atoms with Crippen molar-refractivity contribution in [1.82, 2.24) is 9.97 Å². The van der Waals surface area contributed by atoms with Crippen LogP contribution in [0.2, 0.25) is 0 Å². The number of fused-ring (bicyclic) bond motifs is 1. The fraction of sp³-hybridized carbons (Fsp3) is 0.160. The first kappa shape index (κ1) is 24.3. The number of benzene rings is 3. The number of aromatic nitrogens is 2. The lowest BCUT2D eigenvalue weighted by molar-refractivity contribution is -0.141. The number of anilines is 1. The number of nitrogens with one attached hydrogen (secondary N) is 1. The van der Waals surface area contributed by atoms with Gasteiger partial charge < -0.3 is 14.8 Å². The van der Waals surface area contributed by atoms with Crippen LogP contribution < -0.4 is 14.8 Å². The van der Waals surface area contributed by atoms with Crippen molar-refractivity contribution in [2.24, 2.45) is 0 Å². The molecule has 1 heterocycles. The van der Waals surface area contributed by atoms with E-state index in [4.69, 9.17) is 9.47 Å². The van der Waals surface area contributed by atoms with Crippen LogP contribution in [0, 0.1) is 0 Å². The van der Waals surface area contributed by atoms with Crippen molar-refractivity contribution >= 4 is 34.1 Å². The molecule has 0 atom stereocenters. The van der Waals surface area contributed by atoms with Gasteiger partial charge in [0.25, 0.3) is 0 Å². The van der Waals surface area contributed by atoms with E-state index >= 15 is 0 Å². The second kappa shape index (κ2) is 10.2. The van der Waals surface area contributed by atoms with Crippen molar-refractivity contribution in [1.29, 1.82) is 0 Å². The number of thioether (sulfide) groups is 1. The molecule has 1 amide bonds. The van der Waals surface area contributed by atoms with E-state index in [0.29, 0.717) is 22.7 Å². The lowest BCUT2D eigenvalue weighted by Gasteiger charge is -2.13. The van der Waals surface area contributed by atoms with Crippen LogP contribution in [0.3, 0.4) is 0 Å². The highest BCUT2D eigenvalue weighted by molar-refractivity contribution is 7.99. The molecule has 0 bridgehead atoms. The third kappa shape index (κ3) is 5.65. The molecule has 4 aromatic rings. The second-order valence-corrected chi connectivity index (χ2v) is 8.29. The van der Waals surface area contributed by atoms with Crippen LogP contribution in [0.25, 0.3) is 22.0 Å². The number of alkyl halides is 3. The van der Waals surface area contributed by atoms with Crippen LogP contribution in [0.15, 0.2) is 71.9 Å². The first-order valence-corrected chi connectivity index (χ1v) is 11.4. The van der Waals surface area contributed by atoms with Gasteiger partial charge in [0.1, 0.15) is 5.69 Å². The van der Waals surface area contributed by atoms with Gasteiger partial charge in [-0.3, -0.25) is 4.79 Å². The summed E-state index contributed by atoms with van der Waals surface area (Å²) in [5.74, 6) is 0.220. The number of rotatable bonds is 7. The highest BCUT2D eigenvalue weighted by Crippen LogP contribution is 2.35. The molecular weight excluding hydrogens is 479 g/mol. The Morgan fingerprint density at radius 3 is 2.43 bits per heavy atom. The zero-order valence-corrected chi connectivity index (χ0v) is 19.5. The van der Waals surface area contributed by atoms with E-state index in [1.165, 1.54) is 20.3 Å². The average Bonchev–Trinajstić information content (AvgIpc) is 2.86. The van der Waals surface area contributed by atoms with Gasteiger partial charge in [0.15, 0.2) is 16.7 Å². The van der Waals surface area contributed by atoms with E-state index in [9.17, 15) is 18.0 Å². The average molecular weight is 500 g/mol. The third-order valence-electron chi connectivity index (χ3n) is 5.07. The summed E-state index contributed by atoms with van der Waals surface area (Å²) in [6.45, 7) is 0. The highest BCUT2D eigenvalue weighted by Gasteiger charge is 2.34. The lowest BCUT2D eigenvalue weighted by atomic mass is 10.1. The zero-order valence-electron chi connectivity index (χ0n) is 18.7. The second-order valence-electron chi connectivity index (χ2n) is 7.35. The summed E-state index contributed by atoms with van der Waals surface area (Å²) in [6, 6.07) is 18.6. The molecule has 0 aliphatic carbocycles. The highest BCUT2D eigenvalue weighted by atomic mass is 32.2. The minimum atomic E-state index is -4.69. The minimum absolute atomic E-state index is 0.0465. The Morgan fingerprint density at radius 2 is 1.69 bits per heavy atom. The fourth-order valence-electron chi connectivity index (χ4n) is 3.43. The van der Waals surface area contributed by atoms with Gasteiger partial charge in [0.2, 0.25) is 5.91 Å². The number of amides is 1. The standard InChI is InChI=1S/C25H20F3N3O3S/c1-33-20-11-10-16(12-21(20)34-2)19-13-22(25(26,27)28)31-24(30-19)35-14-23(32)29-18-9-5-7-15-6-3-4-8-17(15)18/h3-13H,14H2,1-2H3,(H,29,32). The summed E-state index contributed by atoms with van der Waals surface area (Å²) in [4.78, 5) is 20.5. The van der Waals surface area contributed by atoms with Crippen LogP contribution in [0.1, 0.15) is 5.69 Å². The summed E-state index contributed by atoms with van der Waals surface area (Å²) in [5.41, 5.74) is -0.0539. The van der Waals surface area contributed by atoms with Gasteiger partial charge in [-0.15, -0.1) is 0 Å². The van der Waals surface area contributed by atoms with Crippen LogP contribution in [0.4, 0.5) is 18.9 Å². The Labute approximate surface area is 203 Å². The zero-order chi connectivity index (χ0) is 25.0. The van der Waals surface area contributed by atoms with E-state index in [1.54, 1.807) is 18.2 Å². The summed E-state index contributed by atoms with van der Waals surface area (Å²) in [5, 5.41) is 4.45. The molecule has 0 radical (unpaired) electrons. The molecule has 180 valence electrons. The molecule has 1 N–H and O–H groups in total. The van der Waals surface area contributed by atoms with Crippen molar-refractivity contribution in [3.8, 4) is 22.8 Å². The summed E-state index contributed by atoms with van der Waals surface area (Å²) >= 11 is 0.820. The first-order chi connectivity index (χ1) is 16.8. The predicted octanol–water partition coefficient (Wildman–Crippen LogP) is 6.06. The molecule has 0 aliphatic heterocycles. The number of nitrogens with zero attached hydrogens (tertiary/aromatic N) is 2. The van der Waals surface area contributed by atoms with Gasteiger partial charge >= 0.3 is 6.18 Å². The smallest absolute Gasteiger partial charge is 0.433 e. The molecule has 0 saturated heterocycles. The van der Waals surface area contributed by atoms with Crippen LogP contribution >= 0.6 is 11.8 Å². The normalized spacial score (nSPS) is 11.3. The van der Waals surface area contributed by atoms with Gasteiger partial charge in [-0.1, -0.05) is 48.2 Å². The Kier molecular flexibility index (Phi) is 7.11. The van der Waals surface area contributed by atoms with Crippen molar-refractivity contribution < 1.29 is 27.4 Å². The lowest BCUT2D eigenvalue weighted by Crippen LogP contribution is -2.15. The predicted molar refractivity (Wildman–Crippen MR) is 129 cm³/mol. The van der Waals surface area contributed by atoms with Gasteiger partial charge in [-0.05, 0) is 35.7 Å². The van der Waals surface area contributed by atoms with E-state index in [0.717, 1.165) is 28.6 Å². The summed E-state index contributed by atoms with van der Waals surface area (Å²) in [7, 11) is 2.89. The third-order valence-corrected chi connectivity index (χ3v) is 5.92. The molecule has 0 spiro atoms. The van der Waals surface area contributed by atoms with Crippen LogP contribution in [-0.4, -0.2) is 35.8 Å². The van der Waals surface area contributed by atoms with E-state index in [-0.39, 0.29) is 22.5 Å². The first-order valence-electron chi connectivity index (χ1n) is 10.4. The summed E-state index contributed by atoms with van der Waals surface area (Å²) < 4.78 is 51.0. The molecule has 4 rings (SSSR count). The molecule has 0 unspecified atom stereocenters. The Hall–Kier alpha value is -3.79. The van der Waals surface area contributed by atoms with Crippen LogP contribution in [-0.2, 0) is 11.0 Å². The van der Waals surface area contributed by atoms with Crippen molar-refractivity contribution in [2.75, 3.05) is 25.3 Å². The van der Waals surface area contributed by atoms with Gasteiger partial charge in [-0.25, -0.2) is 9.97 Å². The maximum absolute atomic E-state index is 13.5. The van der Waals surface area contributed by atoms with Gasteiger partial charge in [0.05, 0.1) is 25.7 Å².